The zero-order valence-electron chi connectivity index (χ0n) is 14.0. The lowest BCUT2D eigenvalue weighted by Crippen LogP contribution is -1.98. The standard InChI is InChI=1S/C17H19NO5S/c1-5-23-15(19)7-6-12-10-24-17(18-12)11-8-13(20-2)16(22-4)14(9-11)21-3/h6-10H,5H2,1-4H3. The molecule has 0 aliphatic rings. The van der Waals surface area contributed by atoms with Gasteiger partial charge in [-0.2, -0.15) is 0 Å². The van der Waals surface area contributed by atoms with Crippen LogP contribution in [0.5, 0.6) is 17.2 Å². The monoisotopic (exact) mass is 349 g/mol. The largest absolute Gasteiger partial charge is 0.493 e. The zero-order chi connectivity index (χ0) is 17.5. The van der Waals surface area contributed by atoms with Crippen molar-refractivity contribution in [2.45, 2.75) is 6.92 Å². The van der Waals surface area contributed by atoms with Crippen LogP contribution in [0.25, 0.3) is 16.6 Å². The third-order valence-electron chi connectivity index (χ3n) is 3.11. The van der Waals surface area contributed by atoms with Crippen molar-refractivity contribution in [3.8, 4) is 27.8 Å². The molecule has 128 valence electrons. The summed E-state index contributed by atoms with van der Waals surface area (Å²) in [5.74, 6) is 1.26. The molecule has 0 saturated heterocycles. The smallest absolute Gasteiger partial charge is 0.330 e. The molecule has 1 heterocycles. The van der Waals surface area contributed by atoms with Gasteiger partial charge in [0.2, 0.25) is 5.75 Å². The van der Waals surface area contributed by atoms with Crippen LogP contribution in [0.3, 0.4) is 0 Å². The first-order chi connectivity index (χ1) is 11.6. The van der Waals surface area contributed by atoms with Gasteiger partial charge in [0, 0.05) is 17.0 Å². The van der Waals surface area contributed by atoms with Gasteiger partial charge in [-0.25, -0.2) is 9.78 Å². The van der Waals surface area contributed by atoms with Crippen LogP contribution in [0.2, 0.25) is 0 Å². The molecule has 1 aromatic heterocycles. The number of hydrogen-bond donors (Lipinski definition) is 0. The van der Waals surface area contributed by atoms with E-state index in [1.807, 2.05) is 17.5 Å². The van der Waals surface area contributed by atoms with Gasteiger partial charge in [0.25, 0.3) is 0 Å². The Balaban J connectivity index is 2.31. The van der Waals surface area contributed by atoms with Crippen LogP contribution in [0.15, 0.2) is 23.6 Å². The Kier molecular flexibility index (Phi) is 6.20. The van der Waals surface area contributed by atoms with Crippen LogP contribution in [0, 0.1) is 0 Å². The topological polar surface area (TPSA) is 66.9 Å². The summed E-state index contributed by atoms with van der Waals surface area (Å²) in [4.78, 5) is 15.8. The summed E-state index contributed by atoms with van der Waals surface area (Å²) in [5, 5.41) is 2.63. The van der Waals surface area contributed by atoms with Crippen LogP contribution in [0.4, 0.5) is 0 Å². The van der Waals surface area contributed by atoms with E-state index in [-0.39, 0.29) is 5.97 Å². The number of esters is 1. The van der Waals surface area contributed by atoms with E-state index in [4.69, 9.17) is 18.9 Å². The summed E-state index contributed by atoms with van der Waals surface area (Å²) in [6.45, 7) is 2.11. The number of benzene rings is 1. The van der Waals surface area contributed by atoms with Crippen LogP contribution >= 0.6 is 11.3 Å². The van der Waals surface area contributed by atoms with Gasteiger partial charge in [-0.1, -0.05) is 0 Å². The Hall–Kier alpha value is -2.54. The van der Waals surface area contributed by atoms with Crippen molar-refractivity contribution in [3.05, 3.63) is 29.3 Å². The van der Waals surface area contributed by atoms with Crippen molar-refractivity contribution in [1.29, 1.82) is 0 Å². The lowest BCUT2D eigenvalue weighted by molar-refractivity contribution is -0.137. The second-order valence-electron chi connectivity index (χ2n) is 4.58. The molecule has 0 aliphatic heterocycles. The molecule has 0 atom stereocenters. The molecule has 0 amide bonds. The van der Waals surface area contributed by atoms with Crippen molar-refractivity contribution < 1.29 is 23.7 Å². The SMILES string of the molecule is CCOC(=O)C=Cc1csc(-c2cc(OC)c(OC)c(OC)c2)n1. The van der Waals surface area contributed by atoms with Crippen LogP contribution in [-0.4, -0.2) is 38.9 Å². The molecule has 0 fully saturated rings. The highest BCUT2D eigenvalue weighted by molar-refractivity contribution is 7.13. The highest BCUT2D eigenvalue weighted by Gasteiger charge is 2.15. The van der Waals surface area contributed by atoms with Gasteiger partial charge in [0.05, 0.1) is 33.6 Å². The van der Waals surface area contributed by atoms with E-state index in [0.29, 0.717) is 29.5 Å². The van der Waals surface area contributed by atoms with Gasteiger partial charge in [-0.15, -0.1) is 11.3 Å². The molecule has 0 N–H and O–H groups in total. The number of rotatable bonds is 7. The summed E-state index contributed by atoms with van der Waals surface area (Å²) in [6, 6.07) is 3.66. The predicted octanol–water partition coefficient (Wildman–Crippen LogP) is 3.41. The first kappa shape index (κ1) is 17.8. The Morgan fingerprint density at radius 3 is 2.38 bits per heavy atom. The second-order valence-corrected chi connectivity index (χ2v) is 5.44. The number of thiazole rings is 1. The van der Waals surface area contributed by atoms with E-state index in [0.717, 1.165) is 10.6 Å². The van der Waals surface area contributed by atoms with Gasteiger partial charge in [0.15, 0.2) is 11.5 Å². The highest BCUT2D eigenvalue weighted by atomic mass is 32.1. The average molecular weight is 349 g/mol. The van der Waals surface area contributed by atoms with Gasteiger partial charge >= 0.3 is 5.97 Å². The molecule has 0 spiro atoms. The summed E-state index contributed by atoms with van der Waals surface area (Å²) < 4.78 is 20.9. The Labute approximate surface area is 144 Å². The van der Waals surface area contributed by atoms with E-state index in [1.54, 1.807) is 34.3 Å². The summed E-state index contributed by atoms with van der Waals surface area (Å²) >= 11 is 1.45. The van der Waals surface area contributed by atoms with Crippen molar-refractivity contribution in [3.63, 3.8) is 0 Å². The van der Waals surface area contributed by atoms with Crippen LogP contribution < -0.4 is 14.2 Å². The van der Waals surface area contributed by atoms with E-state index in [2.05, 4.69) is 4.98 Å². The molecular formula is C17H19NO5S. The van der Waals surface area contributed by atoms with Gasteiger partial charge in [0.1, 0.15) is 5.01 Å². The molecule has 0 radical (unpaired) electrons. The molecule has 0 unspecified atom stereocenters. The van der Waals surface area contributed by atoms with Gasteiger partial charge in [-0.05, 0) is 25.1 Å². The van der Waals surface area contributed by atoms with Crippen molar-refractivity contribution >= 4 is 23.4 Å². The van der Waals surface area contributed by atoms with Crippen molar-refractivity contribution in [2.24, 2.45) is 0 Å². The molecule has 24 heavy (non-hydrogen) atoms. The molecule has 0 bridgehead atoms. The summed E-state index contributed by atoms with van der Waals surface area (Å²) in [7, 11) is 4.69. The molecule has 0 saturated carbocycles. The fourth-order valence-electron chi connectivity index (χ4n) is 2.04. The van der Waals surface area contributed by atoms with E-state index in [1.165, 1.54) is 17.4 Å². The lowest BCUT2D eigenvalue weighted by atomic mass is 10.2. The first-order valence-electron chi connectivity index (χ1n) is 7.23. The molecule has 6 nitrogen and oxygen atoms in total. The quantitative estimate of drug-likeness (QED) is 0.564. The van der Waals surface area contributed by atoms with E-state index < -0.39 is 0 Å². The van der Waals surface area contributed by atoms with Crippen LogP contribution in [-0.2, 0) is 9.53 Å². The first-order valence-corrected chi connectivity index (χ1v) is 8.11. The van der Waals surface area contributed by atoms with Crippen LogP contribution in [0.1, 0.15) is 12.6 Å². The average Bonchev–Trinajstić information content (AvgIpc) is 3.07. The van der Waals surface area contributed by atoms with E-state index in [9.17, 15) is 4.79 Å². The Bertz CT molecular complexity index is 713. The number of methoxy groups -OCH3 is 3. The minimum atomic E-state index is -0.389. The van der Waals surface area contributed by atoms with E-state index >= 15 is 0 Å². The second kappa shape index (κ2) is 8.35. The number of nitrogens with zero attached hydrogens (tertiary/aromatic N) is 1. The maximum atomic E-state index is 11.4. The third-order valence-corrected chi connectivity index (χ3v) is 4.02. The molecule has 0 aliphatic carbocycles. The summed E-state index contributed by atoms with van der Waals surface area (Å²) in [5.41, 5.74) is 1.52. The summed E-state index contributed by atoms with van der Waals surface area (Å²) in [6.07, 6.45) is 2.98. The normalized spacial score (nSPS) is 10.7. The maximum absolute atomic E-state index is 11.4. The number of carbonyl (C=O) groups excluding carboxylic acids is 1. The highest BCUT2D eigenvalue weighted by Crippen LogP contribution is 2.41. The van der Waals surface area contributed by atoms with Gasteiger partial charge < -0.3 is 18.9 Å². The minimum absolute atomic E-state index is 0.344. The minimum Gasteiger partial charge on any atom is -0.493 e. The van der Waals surface area contributed by atoms with Crippen molar-refractivity contribution in [2.75, 3.05) is 27.9 Å². The third kappa shape index (κ3) is 4.05. The Morgan fingerprint density at radius 2 is 1.83 bits per heavy atom. The molecular weight excluding hydrogens is 330 g/mol. The number of ether oxygens (including phenoxy) is 4. The fourth-order valence-corrected chi connectivity index (χ4v) is 2.82. The number of hydrogen-bond acceptors (Lipinski definition) is 7. The maximum Gasteiger partial charge on any atom is 0.330 e. The van der Waals surface area contributed by atoms with Crippen molar-refractivity contribution in [1.82, 2.24) is 4.98 Å². The molecule has 2 rings (SSSR count). The fraction of sp³-hybridized carbons (Fsp3) is 0.294. The number of aromatic nitrogens is 1. The van der Waals surface area contributed by atoms with Gasteiger partial charge in [-0.3, -0.25) is 0 Å². The molecule has 7 heteroatoms. The zero-order valence-corrected chi connectivity index (χ0v) is 14.8. The molecule has 2 aromatic rings. The number of carbonyl (C=O) groups is 1. The lowest BCUT2D eigenvalue weighted by Gasteiger charge is -2.13. The predicted molar refractivity (Wildman–Crippen MR) is 92.9 cm³/mol. The molecule has 1 aromatic carbocycles. The Morgan fingerprint density at radius 1 is 1.17 bits per heavy atom.